The Kier molecular flexibility index (Phi) is 27.0. The van der Waals surface area contributed by atoms with Crippen LogP contribution in [0.5, 0.6) is 11.6 Å². The fourth-order valence-corrected chi connectivity index (χ4v) is 15.9. The van der Waals surface area contributed by atoms with Crippen molar-refractivity contribution in [1.29, 1.82) is 0 Å². The molecule has 3 fully saturated rings. The van der Waals surface area contributed by atoms with E-state index in [9.17, 15) is 53.4 Å². The number of piperidine rings is 1. The number of β-amino-alcohol motifs (C(OH)–C–C–N with tert-alkyl or cyclic N) is 1. The highest BCUT2D eigenvalue weighted by atomic mass is 32.1. The van der Waals surface area contributed by atoms with E-state index in [2.05, 4.69) is 61.6 Å². The molecule has 5 aliphatic rings. The predicted octanol–water partition coefficient (Wildman–Crippen LogP) is 7.88. The number of aromatic hydroxyl groups is 1. The van der Waals surface area contributed by atoms with Crippen LogP contribution >= 0.6 is 11.3 Å². The number of rotatable bonds is 32. The van der Waals surface area contributed by atoms with Gasteiger partial charge in [-0.1, -0.05) is 89.1 Å². The molecule has 582 valence electrons. The number of amides is 8. The molecule has 3 aromatic carbocycles. The number of carbonyl (C=O) groups excluding carboxylic acids is 9. The normalized spacial score (nSPS) is 18.8. The first-order chi connectivity index (χ1) is 52.3. The van der Waals surface area contributed by atoms with Crippen molar-refractivity contribution in [3.05, 3.63) is 125 Å². The van der Waals surface area contributed by atoms with E-state index in [1.54, 1.807) is 74.6 Å². The van der Waals surface area contributed by atoms with Gasteiger partial charge in [-0.25, -0.2) is 14.6 Å². The Morgan fingerprint density at radius 2 is 1.56 bits per heavy atom. The van der Waals surface area contributed by atoms with Gasteiger partial charge in [-0.3, -0.25) is 48.3 Å². The van der Waals surface area contributed by atoms with Gasteiger partial charge in [0.05, 0.1) is 58.1 Å². The Hall–Kier alpha value is -10.2. The summed E-state index contributed by atoms with van der Waals surface area (Å²) in [7, 11) is 0. The molecule has 7 atom stereocenters. The first-order valence-electron chi connectivity index (χ1n) is 37.9. The summed E-state index contributed by atoms with van der Waals surface area (Å²) in [6.07, 6.45) is 5.71. The van der Waals surface area contributed by atoms with Crippen LogP contribution in [0, 0.1) is 37.5 Å². The molecule has 0 bridgehead atoms. The Morgan fingerprint density at radius 3 is 2.27 bits per heavy atom. The number of aromatic nitrogens is 4. The molecule has 29 nitrogen and oxygen atoms in total. The van der Waals surface area contributed by atoms with E-state index in [1.165, 1.54) is 22.0 Å². The number of nitrogens with two attached hydrogens (primary N) is 1. The van der Waals surface area contributed by atoms with E-state index in [4.69, 9.17) is 19.7 Å². The van der Waals surface area contributed by atoms with Gasteiger partial charge in [0.1, 0.15) is 43.0 Å². The molecule has 3 aromatic heterocycles. The smallest absolute Gasteiger partial charge is 0.415 e. The maximum Gasteiger partial charge on any atom is 0.415 e. The number of allylic oxidation sites excluding steroid dienone is 2. The SMILES string of the molecule is Cc1cc(COC(=O)N2C[C@H]3CN(CC4CCN(CCOc5cc([C@H](C(=O)N6C[C@H](O)C[C@H]6C(=O)N[C@@H](C)c6ccc(-c7scnc7C)cc6)C(C)C)on5)CC4)CCN3c3cc(-c4ccccc4O)nnc32)ccc1NC(=O)[C@H](CCCNC(N)=O)NC(=O)[C@@H](NC(=O)CCCCCC1C(=O)C=CC1=O)C(C)C. The van der Waals surface area contributed by atoms with Gasteiger partial charge in [0.25, 0.3) is 5.88 Å². The van der Waals surface area contributed by atoms with Gasteiger partial charge in [0.15, 0.2) is 23.1 Å². The number of hydrogen-bond donors (Lipinski definition) is 8. The number of thiazole rings is 1. The Morgan fingerprint density at radius 1 is 0.798 bits per heavy atom. The summed E-state index contributed by atoms with van der Waals surface area (Å²) in [4.78, 5) is 135. The lowest BCUT2D eigenvalue weighted by atomic mass is 9.91. The molecule has 11 rings (SSSR count). The van der Waals surface area contributed by atoms with Crippen LogP contribution < -0.4 is 46.9 Å². The third kappa shape index (κ3) is 20.4. The van der Waals surface area contributed by atoms with Gasteiger partial charge in [-0.05, 0) is 154 Å². The summed E-state index contributed by atoms with van der Waals surface area (Å²) >= 11 is 1.57. The number of aryl methyl sites for hydroxylation is 2. The Balaban J connectivity index is 0.656. The zero-order valence-electron chi connectivity index (χ0n) is 62.9. The van der Waals surface area contributed by atoms with Crippen molar-refractivity contribution < 1.29 is 67.4 Å². The third-order valence-electron chi connectivity index (χ3n) is 21.2. The highest BCUT2D eigenvalue weighted by molar-refractivity contribution is 7.13. The van der Waals surface area contributed by atoms with Crippen molar-refractivity contribution in [2.45, 2.75) is 162 Å². The number of benzene rings is 3. The van der Waals surface area contributed by atoms with E-state index in [1.807, 2.05) is 69.6 Å². The average Bonchev–Trinajstić information content (AvgIpc) is 1.55. The number of primary amides is 1. The molecular weight excluding hydrogens is 1420 g/mol. The number of aliphatic hydroxyl groups excluding tert-OH is 1. The summed E-state index contributed by atoms with van der Waals surface area (Å²) in [5.74, 6) is -3.21. The number of hydrogen-bond acceptors (Lipinski definition) is 22. The number of aliphatic hydroxyl groups is 1. The zero-order chi connectivity index (χ0) is 77.6. The van der Waals surface area contributed by atoms with E-state index >= 15 is 0 Å². The van der Waals surface area contributed by atoms with Crippen molar-refractivity contribution in [2.75, 3.05) is 87.2 Å². The van der Waals surface area contributed by atoms with Crippen molar-refractivity contribution in [1.82, 2.24) is 56.3 Å². The minimum atomic E-state index is -1.09. The fraction of sp³-hybridized carbons (Fsp3) is 0.506. The molecule has 109 heavy (non-hydrogen) atoms. The van der Waals surface area contributed by atoms with Crippen LogP contribution in [0.4, 0.5) is 26.8 Å². The summed E-state index contributed by atoms with van der Waals surface area (Å²) in [6, 6.07) is 19.4. The quantitative estimate of drug-likeness (QED) is 0.0147. The van der Waals surface area contributed by atoms with Gasteiger partial charge in [-0.2, -0.15) is 0 Å². The second-order valence-corrected chi connectivity index (χ2v) is 30.7. The number of nitrogens with one attached hydrogen (secondary N) is 5. The number of urea groups is 1. The first kappa shape index (κ1) is 79.9. The summed E-state index contributed by atoms with van der Waals surface area (Å²) < 4.78 is 18.0. The number of anilines is 3. The van der Waals surface area contributed by atoms with Crippen molar-refractivity contribution in [2.24, 2.45) is 29.4 Å². The van der Waals surface area contributed by atoms with E-state index in [0.29, 0.717) is 103 Å². The van der Waals surface area contributed by atoms with Crippen molar-refractivity contribution in [3.8, 4) is 33.3 Å². The molecule has 4 aliphatic heterocycles. The lowest BCUT2D eigenvalue weighted by Crippen LogP contribution is -2.61. The molecular formula is C79H101N15O14S. The number of fused-ring (bicyclic) bond motifs is 3. The van der Waals surface area contributed by atoms with Crippen LogP contribution in [0.25, 0.3) is 21.7 Å². The van der Waals surface area contributed by atoms with Gasteiger partial charge in [-0.15, -0.1) is 21.5 Å². The number of ether oxygens (including phenoxy) is 2. The van der Waals surface area contributed by atoms with Crippen LogP contribution in [-0.4, -0.2) is 201 Å². The lowest BCUT2D eigenvalue weighted by molar-refractivity contribution is -0.141. The number of unbranched alkanes of at least 4 members (excludes halogenated alkanes) is 2. The summed E-state index contributed by atoms with van der Waals surface area (Å²) in [6.45, 7) is 18.9. The molecule has 9 N–H and O–H groups in total. The maximum absolute atomic E-state index is 14.5. The minimum absolute atomic E-state index is 0.0128. The third-order valence-corrected chi connectivity index (χ3v) is 22.2. The monoisotopic (exact) mass is 1520 g/mol. The molecule has 8 amide bonds. The molecule has 0 unspecified atom stereocenters. The Labute approximate surface area is 638 Å². The van der Waals surface area contributed by atoms with Crippen LogP contribution in [0.15, 0.2) is 101 Å². The van der Waals surface area contributed by atoms with Gasteiger partial charge in [0.2, 0.25) is 29.5 Å². The molecule has 3 saturated heterocycles. The number of carbonyl (C=O) groups is 9. The number of likely N-dealkylation sites (tertiary alicyclic amines) is 2. The molecule has 0 saturated carbocycles. The molecule has 0 spiro atoms. The molecule has 6 aromatic rings. The molecule has 1 aliphatic carbocycles. The number of phenols is 1. The molecule has 7 heterocycles. The Bertz CT molecular complexity index is 4250. The van der Waals surface area contributed by atoms with Gasteiger partial charge < -0.3 is 66.3 Å². The van der Waals surface area contributed by atoms with Crippen LogP contribution in [0.2, 0.25) is 0 Å². The van der Waals surface area contributed by atoms with Crippen molar-refractivity contribution >= 4 is 81.8 Å². The van der Waals surface area contributed by atoms with Crippen LogP contribution in [0.3, 0.4) is 0 Å². The highest BCUT2D eigenvalue weighted by Crippen LogP contribution is 2.40. The van der Waals surface area contributed by atoms with Crippen LogP contribution in [-0.2, 0) is 44.9 Å². The van der Waals surface area contributed by atoms with Gasteiger partial charge in [0, 0.05) is 76.0 Å². The number of phenolic OH excluding ortho intramolecular Hbond substituents is 1. The summed E-state index contributed by atoms with van der Waals surface area (Å²) in [5, 5.41) is 49.2. The van der Waals surface area contributed by atoms with E-state index < -0.39 is 60.0 Å². The topological polar surface area (TPSA) is 380 Å². The number of para-hydroxylation sites is 1. The van der Waals surface area contributed by atoms with E-state index in [-0.39, 0.29) is 117 Å². The highest BCUT2D eigenvalue weighted by Gasteiger charge is 2.45. The van der Waals surface area contributed by atoms with Crippen molar-refractivity contribution in [3.63, 3.8) is 0 Å². The minimum Gasteiger partial charge on any atom is -0.507 e. The lowest BCUT2D eigenvalue weighted by Gasteiger charge is -2.48. The molecule has 30 heteroatoms. The van der Waals surface area contributed by atoms with Crippen LogP contribution in [0.1, 0.15) is 139 Å². The second kappa shape index (κ2) is 36.8. The number of nitrogens with zero attached hydrogens (tertiary/aromatic N) is 9. The summed E-state index contributed by atoms with van der Waals surface area (Å²) in [5.41, 5.74) is 13.3. The predicted molar refractivity (Wildman–Crippen MR) is 409 cm³/mol. The van der Waals surface area contributed by atoms with E-state index in [0.717, 1.165) is 60.7 Å². The number of piperazine rings is 1. The zero-order valence-corrected chi connectivity index (χ0v) is 63.8. The first-order valence-corrected chi connectivity index (χ1v) is 38.7. The maximum atomic E-state index is 14.5. The average molecular weight is 1520 g/mol. The molecule has 0 radical (unpaired) electrons. The number of ketones is 2. The van der Waals surface area contributed by atoms with Gasteiger partial charge >= 0.3 is 12.1 Å². The standard InChI is InChI=1S/C79H101N15O14S/c1-46(2)70(77(103)93-43-56(95)37-63(93)75(101)83-49(6)53-20-22-54(23-21-53)72-50(7)82-45-109-72)67-39-69(89-108-67)106-35-34-90-30-27-51(28-31-90)40-91-32-33-92-55(41-91)42-94(73-62(92)38-61(87-88-73)57-14-11-12-17-64(57)96)79(105)107-44-52-19-24-59(48(5)36-52)84-74(100)60(16-13-29-81-78(80)104)85-76(102)71(47(3)4)86-68(99)18-10-8-9-15-58-65(97)25-26-66(58)98/h11-12,14,17,19-26,36,38-39,45-47,49,51,55-56,58,60,63,70-71,95-96H,8-10,13,15-16,18,27-35,37,40-44H2,1-7H3,(H,83,101)(H,84,100)(H,85,102)(H,86,99)(H3,80,81,104)/t49-,55+,56+,60-,63-,70+,71-/m0/s1. The largest absolute Gasteiger partial charge is 0.507 e. The second-order valence-electron chi connectivity index (χ2n) is 29.9. The fourth-order valence-electron chi connectivity index (χ4n) is 15.1.